The molecule has 1 aromatic heterocycles. The minimum absolute atomic E-state index is 0.0915. The van der Waals surface area contributed by atoms with Gasteiger partial charge in [-0.3, -0.25) is 33.6 Å². The summed E-state index contributed by atoms with van der Waals surface area (Å²) in [4.78, 5) is 102. The molecular formula is C36H41N5O11. The van der Waals surface area contributed by atoms with Crippen LogP contribution < -0.4 is 26.9 Å². The van der Waals surface area contributed by atoms with Crippen LogP contribution in [0.1, 0.15) is 56.6 Å². The van der Waals surface area contributed by atoms with E-state index in [9.17, 15) is 43.5 Å². The quantitative estimate of drug-likeness (QED) is 0.116. The maximum absolute atomic E-state index is 13.8. The number of likely N-dealkylation sites (tertiary alicyclic amines) is 1. The Morgan fingerprint density at radius 2 is 1.58 bits per heavy atom. The average Bonchev–Trinajstić information content (AvgIpc) is 3.59. The van der Waals surface area contributed by atoms with E-state index in [4.69, 9.17) is 9.52 Å². The van der Waals surface area contributed by atoms with Crippen molar-refractivity contribution < 1.29 is 48.2 Å². The Hall–Kier alpha value is -6.06. The van der Waals surface area contributed by atoms with E-state index in [1.54, 1.807) is 49.4 Å². The first-order valence-electron chi connectivity index (χ1n) is 16.7. The van der Waals surface area contributed by atoms with Gasteiger partial charge >= 0.3 is 17.6 Å². The van der Waals surface area contributed by atoms with Crippen LogP contribution in [0.2, 0.25) is 0 Å². The molecule has 276 valence electrons. The normalized spacial score (nSPS) is 15.6. The molecule has 0 bridgehead atoms. The number of hydrogen-bond donors (Lipinski definition) is 6. The number of amides is 5. The highest BCUT2D eigenvalue weighted by molar-refractivity contribution is 6.00. The zero-order chi connectivity index (χ0) is 37.9. The molecule has 4 atom stereocenters. The van der Waals surface area contributed by atoms with Gasteiger partial charge in [0.15, 0.2) is 0 Å². The van der Waals surface area contributed by atoms with Crippen LogP contribution in [0.25, 0.3) is 11.0 Å². The van der Waals surface area contributed by atoms with Gasteiger partial charge in [-0.1, -0.05) is 30.3 Å². The molecule has 52 heavy (non-hydrogen) atoms. The monoisotopic (exact) mass is 719 g/mol. The predicted octanol–water partition coefficient (Wildman–Crippen LogP) is 1.48. The molecule has 0 spiro atoms. The summed E-state index contributed by atoms with van der Waals surface area (Å²) in [7, 11) is 0. The zero-order valence-corrected chi connectivity index (χ0v) is 28.7. The number of carbonyl (C=O) groups is 7. The maximum atomic E-state index is 13.8. The second-order valence-corrected chi connectivity index (χ2v) is 12.6. The summed E-state index contributed by atoms with van der Waals surface area (Å²) in [6.07, 6.45) is -0.884. The SMILES string of the molecule is Cc1cc(=O)oc2cc(NC(=O)[C@H](Cc3ccccc3)NC(=O)[C@@H]3CCCN3C(=O)[C@H](CCC(=O)O)NC(=O)[C@H](C)NC(=O)CCC(=O)O)ccc12. The Morgan fingerprint density at radius 3 is 2.27 bits per heavy atom. The molecule has 16 nitrogen and oxygen atoms in total. The standard InChI is InChI=1S/C36H41N5O11/c1-20-17-32(47)52-28-19-23(10-11-24(20)28)38-34(49)26(18-22-7-4-3-5-8-22)40-35(50)27-9-6-16-41(27)36(51)25(12-14-30(43)44)39-33(48)21(2)37-29(42)13-15-31(45)46/h3-5,7-8,10-11,17,19,21,25-27H,6,9,12-16,18H2,1-2H3,(H,37,42)(H,38,49)(H,39,48)(H,40,50)(H,43,44)(H,45,46)/t21-,25-,26-,27-/m0/s1. The van der Waals surface area contributed by atoms with Crippen molar-refractivity contribution in [2.24, 2.45) is 0 Å². The summed E-state index contributed by atoms with van der Waals surface area (Å²) in [5.74, 6) is -5.86. The molecule has 0 radical (unpaired) electrons. The molecule has 6 N–H and O–H groups in total. The smallest absolute Gasteiger partial charge is 0.336 e. The van der Waals surface area contributed by atoms with E-state index in [0.717, 1.165) is 5.56 Å². The van der Waals surface area contributed by atoms with Crippen LogP contribution in [0.5, 0.6) is 0 Å². The van der Waals surface area contributed by atoms with E-state index in [1.807, 2.05) is 0 Å². The number of fused-ring (bicyclic) bond motifs is 1. The molecule has 16 heteroatoms. The summed E-state index contributed by atoms with van der Waals surface area (Å²) in [5.41, 5.74) is 1.49. The lowest BCUT2D eigenvalue weighted by atomic mass is 10.0. The third-order valence-electron chi connectivity index (χ3n) is 8.57. The van der Waals surface area contributed by atoms with Crippen molar-refractivity contribution in [1.29, 1.82) is 0 Å². The van der Waals surface area contributed by atoms with Crippen molar-refractivity contribution >= 4 is 58.1 Å². The maximum Gasteiger partial charge on any atom is 0.336 e. The van der Waals surface area contributed by atoms with Crippen LogP contribution in [-0.2, 0) is 40.0 Å². The second-order valence-electron chi connectivity index (χ2n) is 12.6. The van der Waals surface area contributed by atoms with Crippen LogP contribution in [-0.4, -0.2) is 87.3 Å². The van der Waals surface area contributed by atoms with Crippen LogP contribution in [0.3, 0.4) is 0 Å². The van der Waals surface area contributed by atoms with Crippen LogP contribution in [0.4, 0.5) is 5.69 Å². The van der Waals surface area contributed by atoms with E-state index < -0.39 is 84.1 Å². The van der Waals surface area contributed by atoms with Crippen LogP contribution >= 0.6 is 0 Å². The van der Waals surface area contributed by atoms with E-state index in [0.29, 0.717) is 23.1 Å². The lowest BCUT2D eigenvalue weighted by Gasteiger charge is -2.30. The summed E-state index contributed by atoms with van der Waals surface area (Å²) in [5, 5.41) is 29.1. The number of nitrogens with zero attached hydrogens (tertiary/aromatic N) is 1. The fourth-order valence-corrected chi connectivity index (χ4v) is 5.88. The minimum Gasteiger partial charge on any atom is -0.481 e. The largest absolute Gasteiger partial charge is 0.481 e. The number of anilines is 1. The highest BCUT2D eigenvalue weighted by Crippen LogP contribution is 2.23. The lowest BCUT2D eigenvalue weighted by molar-refractivity contribution is -0.143. The Balaban J connectivity index is 1.50. The van der Waals surface area contributed by atoms with E-state index >= 15 is 0 Å². The van der Waals surface area contributed by atoms with Crippen LogP contribution in [0, 0.1) is 6.92 Å². The van der Waals surface area contributed by atoms with Gasteiger partial charge in [0.2, 0.25) is 29.5 Å². The molecule has 0 unspecified atom stereocenters. The van der Waals surface area contributed by atoms with Crippen LogP contribution in [0.15, 0.2) is 63.8 Å². The molecule has 1 fully saturated rings. The highest BCUT2D eigenvalue weighted by atomic mass is 16.4. The molecule has 1 aliphatic rings. The minimum atomic E-state index is -1.37. The first-order valence-corrected chi connectivity index (χ1v) is 16.7. The van der Waals surface area contributed by atoms with Gasteiger partial charge in [0, 0.05) is 49.0 Å². The molecule has 4 rings (SSSR count). The molecule has 2 heterocycles. The molecule has 1 saturated heterocycles. The van der Waals surface area contributed by atoms with E-state index in [1.165, 1.54) is 24.0 Å². The number of nitrogens with one attached hydrogen (secondary N) is 4. The third kappa shape index (κ3) is 10.7. The summed E-state index contributed by atoms with van der Waals surface area (Å²) in [6.45, 7) is 3.20. The molecule has 1 aliphatic heterocycles. The van der Waals surface area contributed by atoms with Crippen molar-refractivity contribution in [3.8, 4) is 0 Å². The number of aryl methyl sites for hydroxylation is 1. The first kappa shape index (κ1) is 38.7. The molecule has 0 aliphatic carbocycles. The van der Waals surface area contributed by atoms with Gasteiger partial charge in [-0.2, -0.15) is 0 Å². The second kappa shape index (κ2) is 17.7. The lowest BCUT2D eigenvalue weighted by Crippen LogP contribution is -2.57. The van der Waals surface area contributed by atoms with Gasteiger partial charge in [0.25, 0.3) is 0 Å². The fourth-order valence-electron chi connectivity index (χ4n) is 5.88. The number of benzene rings is 2. The van der Waals surface area contributed by atoms with Gasteiger partial charge in [-0.15, -0.1) is 0 Å². The summed E-state index contributed by atoms with van der Waals surface area (Å²) >= 11 is 0. The number of carbonyl (C=O) groups excluding carboxylic acids is 5. The van der Waals surface area contributed by atoms with Gasteiger partial charge in [-0.25, -0.2) is 4.79 Å². The fraction of sp³-hybridized carbons (Fsp3) is 0.389. The average molecular weight is 720 g/mol. The molecule has 3 aromatic rings. The molecular weight excluding hydrogens is 678 g/mol. The predicted molar refractivity (Wildman–Crippen MR) is 186 cm³/mol. The Kier molecular flexibility index (Phi) is 13.2. The first-order chi connectivity index (χ1) is 24.7. The molecule has 0 saturated carbocycles. The number of hydrogen-bond acceptors (Lipinski definition) is 9. The number of aliphatic carboxylic acids is 2. The highest BCUT2D eigenvalue weighted by Gasteiger charge is 2.39. The summed E-state index contributed by atoms with van der Waals surface area (Å²) in [6, 6.07) is 10.4. The Bertz CT molecular complexity index is 1890. The van der Waals surface area contributed by atoms with Crippen molar-refractivity contribution in [2.75, 3.05) is 11.9 Å². The third-order valence-corrected chi connectivity index (χ3v) is 8.57. The van der Waals surface area contributed by atoms with Crippen molar-refractivity contribution in [3.63, 3.8) is 0 Å². The van der Waals surface area contributed by atoms with Gasteiger partial charge in [0.05, 0.1) is 6.42 Å². The Morgan fingerprint density at radius 1 is 0.865 bits per heavy atom. The number of carboxylic acids is 2. The Labute approximate surface area is 297 Å². The topological polar surface area (TPSA) is 242 Å². The number of carboxylic acid groups (broad SMARTS) is 2. The van der Waals surface area contributed by atoms with Gasteiger partial charge in [-0.05, 0) is 56.4 Å². The molecule has 2 aromatic carbocycles. The summed E-state index contributed by atoms with van der Waals surface area (Å²) < 4.78 is 5.30. The van der Waals surface area contributed by atoms with Gasteiger partial charge < -0.3 is 40.8 Å². The van der Waals surface area contributed by atoms with E-state index in [2.05, 4.69) is 21.3 Å². The van der Waals surface area contributed by atoms with E-state index in [-0.39, 0.29) is 37.8 Å². The van der Waals surface area contributed by atoms with Gasteiger partial charge in [0.1, 0.15) is 29.8 Å². The van der Waals surface area contributed by atoms with Crippen molar-refractivity contribution in [1.82, 2.24) is 20.9 Å². The van der Waals surface area contributed by atoms with Crippen molar-refractivity contribution in [3.05, 3.63) is 76.1 Å². The molecule has 5 amide bonds. The zero-order valence-electron chi connectivity index (χ0n) is 28.7. The number of rotatable bonds is 16. The van der Waals surface area contributed by atoms with Crippen molar-refractivity contribution in [2.45, 2.75) is 83.0 Å².